The van der Waals surface area contributed by atoms with Crippen LogP contribution >= 0.6 is 0 Å². The van der Waals surface area contributed by atoms with Crippen LogP contribution in [-0.2, 0) is 16.1 Å². The van der Waals surface area contributed by atoms with Crippen LogP contribution in [0.1, 0.15) is 28.4 Å². The Labute approximate surface area is 160 Å². The van der Waals surface area contributed by atoms with Crippen molar-refractivity contribution in [3.8, 4) is 5.75 Å². The fraction of sp³-hybridized carbons (Fsp3) is 0.333. The first-order valence-corrected chi connectivity index (χ1v) is 8.95. The predicted molar refractivity (Wildman–Crippen MR) is 104 cm³/mol. The van der Waals surface area contributed by atoms with Gasteiger partial charge in [0.2, 0.25) is 0 Å². The number of likely N-dealkylation sites (N-methyl/N-ethyl adjacent to an activating group) is 1. The number of carbonyl (C=O) groups excluding carboxylic acids is 2. The summed E-state index contributed by atoms with van der Waals surface area (Å²) in [7, 11) is 3.58. The Kier molecular flexibility index (Phi) is 7.37. The van der Waals surface area contributed by atoms with E-state index in [4.69, 9.17) is 9.47 Å². The molecule has 6 nitrogen and oxygen atoms in total. The number of methoxy groups -OCH3 is 1. The number of aryl methyl sites for hydroxylation is 1. The number of amides is 1. The lowest BCUT2D eigenvalue weighted by Gasteiger charge is -2.17. The van der Waals surface area contributed by atoms with Crippen molar-refractivity contribution in [1.82, 2.24) is 0 Å². The summed E-state index contributed by atoms with van der Waals surface area (Å²) in [4.78, 5) is 25.5. The van der Waals surface area contributed by atoms with E-state index in [-0.39, 0.29) is 19.1 Å². The predicted octanol–water partition coefficient (Wildman–Crippen LogP) is 1.83. The van der Waals surface area contributed by atoms with Gasteiger partial charge in [-0.05, 0) is 38.1 Å². The van der Waals surface area contributed by atoms with Crippen LogP contribution in [0.25, 0.3) is 0 Å². The zero-order chi connectivity index (χ0) is 19.8. The van der Waals surface area contributed by atoms with Crippen LogP contribution in [0.3, 0.4) is 0 Å². The smallest absolute Gasteiger partial charge is 0.340 e. The number of esters is 1. The maximum absolute atomic E-state index is 12.5. The normalized spacial score (nSPS) is 11.6. The molecule has 2 N–H and O–H groups in total. The third kappa shape index (κ3) is 5.82. The highest BCUT2D eigenvalue weighted by Gasteiger charge is 2.17. The molecule has 27 heavy (non-hydrogen) atoms. The second-order valence-electron chi connectivity index (χ2n) is 6.44. The van der Waals surface area contributed by atoms with Gasteiger partial charge in [-0.15, -0.1) is 0 Å². The third-order valence-corrected chi connectivity index (χ3v) is 4.09. The first-order chi connectivity index (χ1) is 12.9. The van der Waals surface area contributed by atoms with Crippen molar-refractivity contribution in [2.24, 2.45) is 0 Å². The number of carbonyl (C=O) groups is 2. The minimum absolute atomic E-state index is 0.170. The van der Waals surface area contributed by atoms with Gasteiger partial charge in [0.05, 0.1) is 32.0 Å². The number of hydrogen-bond acceptors (Lipinski definition) is 4. The van der Waals surface area contributed by atoms with E-state index in [2.05, 4.69) is 11.4 Å². The Hall–Kier alpha value is -2.86. The molecule has 144 valence electrons. The van der Waals surface area contributed by atoms with Crippen LogP contribution in [0, 0.1) is 6.92 Å². The number of quaternary nitrogens is 1. The average Bonchev–Trinajstić information content (AvgIpc) is 2.62. The van der Waals surface area contributed by atoms with Crippen molar-refractivity contribution in [2.75, 3.05) is 32.6 Å². The van der Waals surface area contributed by atoms with Gasteiger partial charge in [0.1, 0.15) is 12.3 Å². The maximum atomic E-state index is 12.5. The van der Waals surface area contributed by atoms with Gasteiger partial charge in [-0.3, -0.25) is 4.79 Å². The lowest BCUT2D eigenvalue weighted by molar-refractivity contribution is -0.885. The number of rotatable bonds is 8. The third-order valence-electron chi connectivity index (χ3n) is 4.09. The van der Waals surface area contributed by atoms with Crippen molar-refractivity contribution >= 4 is 17.6 Å². The van der Waals surface area contributed by atoms with Gasteiger partial charge in [-0.25, -0.2) is 4.79 Å². The molecule has 6 heteroatoms. The standard InChI is InChI=1S/C21H26N2O4/c1-5-27-21(25)17-8-6-7-9-18(17)22-20(24)14-23(3)13-16-12-15(2)10-11-19(16)26-4/h6-12H,5,13-14H2,1-4H3,(H,22,24)/p+1. The summed E-state index contributed by atoms with van der Waals surface area (Å²) in [5, 5.41) is 2.81. The van der Waals surface area contributed by atoms with E-state index in [1.54, 1.807) is 38.3 Å². The molecule has 2 aromatic carbocycles. The van der Waals surface area contributed by atoms with Crippen LogP contribution in [0.5, 0.6) is 5.75 Å². The summed E-state index contributed by atoms with van der Waals surface area (Å²) in [5.41, 5.74) is 3.01. The number of hydrogen-bond donors (Lipinski definition) is 2. The number of nitrogens with one attached hydrogen (secondary N) is 2. The number of benzene rings is 2. The van der Waals surface area contributed by atoms with E-state index in [1.165, 1.54) is 0 Å². The van der Waals surface area contributed by atoms with Gasteiger partial charge in [0, 0.05) is 5.56 Å². The summed E-state index contributed by atoms with van der Waals surface area (Å²) in [5.74, 6) is 0.197. The van der Waals surface area contributed by atoms with E-state index >= 15 is 0 Å². The Bertz CT molecular complexity index is 805. The maximum Gasteiger partial charge on any atom is 0.340 e. The van der Waals surface area contributed by atoms with E-state index in [9.17, 15) is 9.59 Å². The van der Waals surface area contributed by atoms with Crippen molar-refractivity contribution in [1.29, 1.82) is 0 Å². The summed E-state index contributed by atoms with van der Waals surface area (Å²) in [6.45, 7) is 4.96. The van der Waals surface area contributed by atoms with Gasteiger partial charge in [0.25, 0.3) is 5.91 Å². The SMILES string of the molecule is CCOC(=O)c1ccccc1NC(=O)C[NH+](C)Cc1cc(C)ccc1OC. The second-order valence-corrected chi connectivity index (χ2v) is 6.44. The molecule has 0 aliphatic carbocycles. The van der Waals surface area contributed by atoms with E-state index < -0.39 is 5.97 Å². The Morgan fingerprint density at radius 3 is 2.59 bits per heavy atom. The highest BCUT2D eigenvalue weighted by atomic mass is 16.5. The summed E-state index contributed by atoms with van der Waals surface area (Å²) in [6, 6.07) is 12.8. The second kappa shape index (κ2) is 9.73. The van der Waals surface area contributed by atoms with Crippen LogP contribution in [0.2, 0.25) is 0 Å². The molecule has 1 unspecified atom stereocenters. The van der Waals surface area contributed by atoms with Crippen LogP contribution in [0.15, 0.2) is 42.5 Å². The molecule has 0 heterocycles. The van der Waals surface area contributed by atoms with Crippen molar-refractivity contribution in [3.63, 3.8) is 0 Å². The van der Waals surface area contributed by atoms with Gasteiger partial charge < -0.3 is 19.7 Å². The molecule has 0 saturated heterocycles. The average molecular weight is 371 g/mol. The fourth-order valence-corrected chi connectivity index (χ4v) is 2.88. The molecule has 0 aromatic heterocycles. The van der Waals surface area contributed by atoms with Crippen molar-refractivity contribution < 1.29 is 24.0 Å². The minimum atomic E-state index is -0.446. The molecular formula is C21H27N2O4+. The van der Waals surface area contributed by atoms with Gasteiger partial charge in [-0.1, -0.05) is 23.8 Å². The van der Waals surface area contributed by atoms with Crippen LogP contribution in [0.4, 0.5) is 5.69 Å². The molecule has 1 atom stereocenters. The Morgan fingerprint density at radius 2 is 1.89 bits per heavy atom. The number of para-hydroxylation sites is 1. The van der Waals surface area contributed by atoms with E-state index in [0.717, 1.165) is 21.8 Å². The number of anilines is 1. The zero-order valence-corrected chi connectivity index (χ0v) is 16.3. The van der Waals surface area contributed by atoms with Gasteiger partial charge in [-0.2, -0.15) is 0 Å². The number of ether oxygens (including phenoxy) is 2. The van der Waals surface area contributed by atoms with Crippen LogP contribution in [-0.4, -0.2) is 39.2 Å². The van der Waals surface area contributed by atoms with E-state index in [0.29, 0.717) is 17.8 Å². The minimum Gasteiger partial charge on any atom is -0.496 e. The first kappa shape index (κ1) is 20.5. The molecule has 0 bridgehead atoms. The summed E-state index contributed by atoms with van der Waals surface area (Å²) < 4.78 is 10.4. The zero-order valence-electron chi connectivity index (χ0n) is 16.3. The lowest BCUT2D eigenvalue weighted by atomic mass is 10.1. The first-order valence-electron chi connectivity index (χ1n) is 8.95. The molecule has 2 rings (SSSR count). The molecule has 0 aliphatic rings. The van der Waals surface area contributed by atoms with Crippen molar-refractivity contribution in [2.45, 2.75) is 20.4 Å². The highest BCUT2D eigenvalue weighted by molar-refractivity contribution is 6.01. The lowest BCUT2D eigenvalue weighted by Crippen LogP contribution is -3.08. The highest BCUT2D eigenvalue weighted by Crippen LogP contribution is 2.18. The Morgan fingerprint density at radius 1 is 1.15 bits per heavy atom. The van der Waals surface area contributed by atoms with Crippen LogP contribution < -0.4 is 15.0 Å². The molecule has 2 aromatic rings. The summed E-state index contributed by atoms with van der Waals surface area (Å²) >= 11 is 0. The molecule has 0 saturated carbocycles. The van der Waals surface area contributed by atoms with Gasteiger partial charge >= 0.3 is 5.97 Å². The Balaban J connectivity index is 2.02. The summed E-state index contributed by atoms with van der Waals surface area (Å²) in [6.07, 6.45) is 0. The molecule has 0 aliphatic heterocycles. The molecular weight excluding hydrogens is 344 g/mol. The topological polar surface area (TPSA) is 69.1 Å². The molecule has 0 spiro atoms. The van der Waals surface area contributed by atoms with E-state index in [1.807, 2.05) is 26.1 Å². The molecule has 1 amide bonds. The molecule has 0 radical (unpaired) electrons. The monoisotopic (exact) mass is 371 g/mol. The molecule has 0 fully saturated rings. The quantitative estimate of drug-likeness (QED) is 0.695. The fourth-order valence-electron chi connectivity index (χ4n) is 2.88. The van der Waals surface area contributed by atoms with Gasteiger partial charge in [0.15, 0.2) is 6.54 Å². The van der Waals surface area contributed by atoms with Crippen molar-refractivity contribution in [3.05, 3.63) is 59.2 Å². The largest absolute Gasteiger partial charge is 0.496 e.